The average Bonchev–Trinajstić information content (AvgIpc) is 2.36. The molecule has 5 nitrogen and oxygen atoms in total. The first-order valence-electron chi connectivity index (χ1n) is 6.34. The first kappa shape index (κ1) is 16.9. The monoisotopic (exact) mass is 318 g/mol. The third-order valence-corrected chi connectivity index (χ3v) is 4.19. The summed E-state index contributed by atoms with van der Waals surface area (Å²) in [5, 5.41) is 2.95. The first-order chi connectivity index (χ1) is 9.34. The number of hydrogen-bond donors (Lipinski definition) is 2. The third kappa shape index (κ3) is 5.48. The number of amides is 1. The van der Waals surface area contributed by atoms with Crippen LogP contribution in [0.15, 0.2) is 23.1 Å². The van der Waals surface area contributed by atoms with Crippen molar-refractivity contribution in [3.05, 3.63) is 23.2 Å². The number of rotatable bonds is 7. The van der Waals surface area contributed by atoms with E-state index < -0.39 is 9.84 Å². The molecule has 1 aromatic carbocycles. The van der Waals surface area contributed by atoms with Crippen molar-refractivity contribution in [2.75, 3.05) is 18.1 Å². The zero-order chi connectivity index (χ0) is 15.2. The molecule has 0 saturated carbocycles. The third-order valence-electron chi connectivity index (χ3n) is 2.75. The summed E-state index contributed by atoms with van der Waals surface area (Å²) < 4.78 is 22.9. The number of hydrogen-bond acceptors (Lipinski definition) is 4. The highest BCUT2D eigenvalue weighted by Gasteiger charge is 2.12. The Balaban J connectivity index is 2.69. The molecule has 0 heterocycles. The van der Waals surface area contributed by atoms with E-state index in [0.29, 0.717) is 23.7 Å². The minimum atomic E-state index is -3.33. The maximum absolute atomic E-state index is 11.7. The number of anilines is 1. The van der Waals surface area contributed by atoms with E-state index in [0.717, 1.165) is 25.5 Å². The van der Waals surface area contributed by atoms with Crippen molar-refractivity contribution in [3.8, 4) is 0 Å². The van der Waals surface area contributed by atoms with Gasteiger partial charge >= 0.3 is 0 Å². The van der Waals surface area contributed by atoms with E-state index in [4.69, 9.17) is 17.3 Å². The van der Waals surface area contributed by atoms with Gasteiger partial charge < -0.3 is 11.1 Å². The molecule has 3 N–H and O–H groups in total. The number of carbonyl (C=O) groups excluding carboxylic acids is 1. The van der Waals surface area contributed by atoms with Crippen LogP contribution in [0, 0.1) is 0 Å². The van der Waals surface area contributed by atoms with Crippen molar-refractivity contribution in [1.29, 1.82) is 0 Å². The fourth-order valence-electron chi connectivity index (χ4n) is 1.65. The average molecular weight is 319 g/mol. The molecule has 20 heavy (non-hydrogen) atoms. The zero-order valence-corrected chi connectivity index (χ0v) is 12.9. The summed E-state index contributed by atoms with van der Waals surface area (Å²) in [6.45, 7) is 0.615. The molecule has 0 bridgehead atoms. The molecule has 0 aliphatic rings. The van der Waals surface area contributed by atoms with Gasteiger partial charge in [-0.3, -0.25) is 4.79 Å². The van der Waals surface area contributed by atoms with Crippen LogP contribution in [-0.2, 0) is 14.6 Å². The Morgan fingerprint density at radius 2 is 2.00 bits per heavy atom. The lowest BCUT2D eigenvalue weighted by atomic mass is 10.2. The normalized spacial score (nSPS) is 11.3. The summed E-state index contributed by atoms with van der Waals surface area (Å²) in [7, 11) is -3.33. The van der Waals surface area contributed by atoms with E-state index in [9.17, 15) is 13.2 Å². The van der Waals surface area contributed by atoms with Gasteiger partial charge in [0.15, 0.2) is 9.84 Å². The summed E-state index contributed by atoms with van der Waals surface area (Å²) in [6.07, 6.45) is 3.99. The summed E-state index contributed by atoms with van der Waals surface area (Å²) in [5.41, 5.74) is 5.69. The molecular formula is C13H19ClN2O3S. The van der Waals surface area contributed by atoms with Gasteiger partial charge in [0.1, 0.15) is 0 Å². The second kappa shape index (κ2) is 7.61. The summed E-state index contributed by atoms with van der Waals surface area (Å²) in [5.74, 6) is -0.186. The summed E-state index contributed by atoms with van der Waals surface area (Å²) in [4.78, 5) is 11.9. The number of sulfone groups is 1. The molecule has 0 spiro atoms. The molecule has 0 aromatic heterocycles. The maximum Gasteiger partial charge on any atom is 0.224 e. The maximum atomic E-state index is 11.7. The van der Waals surface area contributed by atoms with E-state index in [-0.39, 0.29) is 10.8 Å². The van der Waals surface area contributed by atoms with E-state index in [1.165, 1.54) is 18.2 Å². The highest BCUT2D eigenvalue weighted by molar-refractivity contribution is 7.90. The Hall–Kier alpha value is -1.11. The van der Waals surface area contributed by atoms with E-state index in [1.54, 1.807) is 0 Å². The Labute approximate surface area is 124 Å². The van der Waals surface area contributed by atoms with E-state index in [1.807, 2.05) is 0 Å². The van der Waals surface area contributed by atoms with Gasteiger partial charge in [-0.2, -0.15) is 0 Å². The lowest BCUT2D eigenvalue weighted by Gasteiger charge is -2.09. The van der Waals surface area contributed by atoms with Crippen LogP contribution in [0.25, 0.3) is 0 Å². The van der Waals surface area contributed by atoms with Crippen LogP contribution in [0.4, 0.5) is 5.69 Å². The van der Waals surface area contributed by atoms with Crippen LogP contribution < -0.4 is 11.1 Å². The quantitative estimate of drug-likeness (QED) is 0.754. The van der Waals surface area contributed by atoms with Gasteiger partial charge in [-0.1, -0.05) is 18.0 Å². The first-order valence-corrected chi connectivity index (χ1v) is 8.61. The fraction of sp³-hybridized carbons (Fsp3) is 0.462. The smallest absolute Gasteiger partial charge is 0.224 e. The van der Waals surface area contributed by atoms with E-state index >= 15 is 0 Å². The molecule has 0 fully saturated rings. The summed E-state index contributed by atoms with van der Waals surface area (Å²) in [6, 6.07) is 4.24. The second-order valence-electron chi connectivity index (χ2n) is 4.56. The minimum absolute atomic E-state index is 0.125. The molecule has 0 saturated heterocycles. The van der Waals surface area contributed by atoms with Crippen LogP contribution in [0.3, 0.4) is 0 Å². The zero-order valence-electron chi connectivity index (χ0n) is 11.4. The molecule has 0 radical (unpaired) electrons. The standard InChI is InChI=1S/C13H19ClN2O3S/c1-20(18,19)10-6-7-11(14)12(9-10)16-13(17)5-3-2-4-8-15/h6-7,9H,2-5,8,15H2,1H3,(H,16,17). The van der Waals surface area contributed by atoms with Crippen molar-refractivity contribution in [3.63, 3.8) is 0 Å². The molecule has 7 heteroatoms. The molecule has 0 atom stereocenters. The van der Waals surface area contributed by atoms with Crippen molar-refractivity contribution in [2.24, 2.45) is 5.73 Å². The second-order valence-corrected chi connectivity index (χ2v) is 6.98. The minimum Gasteiger partial charge on any atom is -0.330 e. The van der Waals surface area contributed by atoms with Crippen LogP contribution in [0.2, 0.25) is 5.02 Å². The fourth-order valence-corrected chi connectivity index (χ4v) is 2.46. The SMILES string of the molecule is CS(=O)(=O)c1ccc(Cl)c(NC(=O)CCCCCN)c1. The Morgan fingerprint density at radius 3 is 2.60 bits per heavy atom. The summed E-state index contributed by atoms with van der Waals surface area (Å²) >= 11 is 5.95. The molecule has 1 aromatic rings. The van der Waals surface area contributed by atoms with Gasteiger partial charge in [-0.05, 0) is 37.6 Å². The van der Waals surface area contributed by atoms with Crippen molar-refractivity contribution >= 4 is 33.0 Å². The molecule has 0 aliphatic carbocycles. The number of carbonyl (C=O) groups is 1. The van der Waals surface area contributed by atoms with Crippen LogP contribution in [0.5, 0.6) is 0 Å². The molecule has 0 aliphatic heterocycles. The number of nitrogens with two attached hydrogens (primary N) is 1. The molecule has 1 rings (SSSR count). The lowest BCUT2D eigenvalue weighted by Crippen LogP contribution is -2.12. The number of halogens is 1. The van der Waals surface area contributed by atoms with Gasteiger partial charge in [0.2, 0.25) is 5.91 Å². The molecule has 0 unspecified atom stereocenters. The Kier molecular flexibility index (Phi) is 6.45. The highest BCUT2D eigenvalue weighted by Crippen LogP contribution is 2.25. The molecular weight excluding hydrogens is 300 g/mol. The van der Waals surface area contributed by atoms with Crippen molar-refractivity contribution < 1.29 is 13.2 Å². The number of benzene rings is 1. The Morgan fingerprint density at radius 1 is 1.30 bits per heavy atom. The van der Waals surface area contributed by atoms with E-state index in [2.05, 4.69) is 5.32 Å². The topological polar surface area (TPSA) is 89.3 Å². The van der Waals surface area contributed by atoms with Crippen LogP contribution in [0.1, 0.15) is 25.7 Å². The van der Waals surface area contributed by atoms with Crippen LogP contribution in [-0.4, -0.2) is 27.1 Å². The van der Waals surface area contributed by atoms with Gasteiger partial charge in [0.05, 0.1) is 15.6 Å². The number of nitrogens with one attached hydrogen (secondary N) is 1. The predicted molar refractivity (Wildman–Crippen MR) is 80.7 cm³/mol. The van der Waals surface area contributed by atoms with Gasteiger partial charge in [0.25, 0.3) is 0 Å². The van der Waals surface area contributed by atoms with Gasteiger partial charge in [0, 0.05) is 12.7 Å². The number of unbranched alkanes of at least 4 members (excludes halogenated alkanes) is 2. The molecule has 1 amide bonds. The predicted octanol–water partition coefficient (Wildman–Crippen LogP) is 2.20. The highest BCUT2D eigenvalue weighted by atomic mass is 35.5. The van der Waals surface area contributed by atoms with Crippen molar-refractivity contribution in [1.82, 2.24) is 0 Å². The van der Waals surface area contributed by atoms with Gasteiger partial charge in [-0.15, -0.1) is 0 Å². The largest absolute Gasteiger partial charge is 0.330 e. The Bertz CT molecular complexity index is 573. The molecule has 112 valence electrons. The lowest BCUT2D eigenvalue weighted by molar-refractivity contribution is -0.116. The van der Waals surface area contributed by atoms with Gasteiger partial charge in [-0.25, -0.2) is 8.42 Å². The van der Waals surface area contributed by atoms with Crippen LogP contribution >= 0.6 is 11.6 Å². The van der Waals surface area contributed by atoms with Crippen molar-refractivity contribution in [2.45, 2.75) is 30.6 Å².